The second-order valence-electron chi connectivity index (χ2n) is 19.1. The van der Waals surface area contributed by atoms with Gasteiger partial charge in [0.25, 0.3) is 0 Å². The van der Waals surface area contributed by atoms with Crippen LogP contribution in [0, 0.1) is 0 Å². The Morgan fingerprint density at radius 1 is 0.536 bits per heavy atom. The van der Waals surface area contributed by atoms with E-state index in [9.17, 15) is 59.9 Å². The molecule has 69 heavy (non-hydrogen) atoms. The highest BCUT2D eigenvalue weighted by molar-refractivity contribution is 7.47. The van der Waals surface area contributed by atoms with Crippen LogP contribution in [0.25, 0.3) is 0 Å². The van der Waals surface area contributed by atoms with E-state index in [4.69, 9.17) is 28.0 Å². The van der Waals surface area contributed by atoms with Gasteiger partial charge in [-0.05, 0) is 38.5 Å². The molecule has 406 valence electrons. The first-order valence-electron chi connectivity index (χ1n) is 26.5. The zero-order valence-electron chi connectivity index (χ0n) is 41.9. The molecule has 19 heteroatoms. The number of esters is 2. The van der Waals surface area contributed by atoms with E-state index in [1.807, 2.05) is 0 Å². The standard InChI is InChI=1S/C50H93O18P/c1-3-5-7-9-11-13-15-17-19-21-22-24-26-28-30-32-39(52)63-35-37(65-40(53)33-31-29-27-25-23-20-18-16-14-12-10-8-6-4-2)36-64-69(61,62)68-49-46(59)44(57)43(56)45(58)48(49)67-50-47(60)42(55)41(54)38(34-51)66-50/h13,15,37-38,41-51,54-60H,3-12,14,16-36H2,1-2H3,(H,61,62)/b15-13-. The number of ether oxygens (including phenoxy) is 4. The van der Waals surface area contributed by atoms with Crippen molar-refractivity contribution in [3.05, 3.63) is 12.2 Å². The first-order chi connectivity index (χ1) is 33.2. The van der Waals surface area contributed by atoms with Crippen LogP contribution in [0.1, 0.15) is 200 Å². The van der Waals surface area contributed by atoms with E-state index in [1.165, 1.54) is 83.5 Å². The Morgan fingerprint density at radius 2 is 0.957 bits per heavy atom. The number of phosphoric acid groups is 1. The Bertz CT molecular complexity index is 1390. The third-order valence-electron chi connectivity index (χ3n) is 13.0. The van der Waals surface area contributed by atoms with Crippen LogP contribution < -0.4 is 0 Å². The van der Waals surface area contributed by atoms with E-state index in [0.717, 1.165) is 77.0 Å². The number of carbonyl (C=O) groups excluding carboxylic acids is 2. The first kappa shape index (κ1) is 63.5. The molecule has 1 heterocycles. The predicted octanol–water partition coefficient (Wildman–Crippen LogP) is 6.49. The van der Waals surface area contributed by atoms with Crippen LogP contribution in [0.3, 0.4) is 0 Å². The number of aliphatic hydroxyl groups excluding tert-OH is 8. The Labute approximate surface area is 412 Å². The number of hydrogen-bond donors (Lipinski definition) is 9. The van der Waals surface area contributed by atoms with Gasteiger partial charge in [0.05, 0.1) is 13.2 Å². The third kappa shape index (κ3) is 26.8. The fraction of sp³-hybridized carbons (Fsp3) is 0.920. The Hall–Kier alpha value is -1.61. The summed E-state index contributed by atoms with van der Waals surface area (Å²) < 4.78 is 45.5. The molecule has 0 bridgehead atoms. The van der Waals surface area contributed by atoms with Crippen LogP contribution in [0.4, 0.5) is 0 Å². The number of hydrogen-bond acceptors (Lipinski definition) is 17. The molecule has 13 unspecified atom stereocenters. The molecule has 13 atom stereocenters. The number of carbonyl (C=O) groups is 2. The summed E-state index contributed by atoms with van der Waals surface area (Å²) in [6.45, 7) is 2.23. The maximum absolute atomic E-state index is 13.4. The molecule has 0 aromatic carbocycles. The van der Waals surface area contributed by atoms with Gasteiger partial charge in [-0.2, -0.15) is 0 Å². The molecule has 0 aromatic heterocycles. The molecule has 18 nitrogen and oxygen atoms in total. The molecule has 1 aliphatic heterocycles. The van der Waals surface area contributed by atoms with Crippen molar-refractivity contribution < 1.29 is 87.9 Å². The summed E-state index contributed by atoms with van der Waals surface area (Å²) in [4.78, 5) is 36.6. The highest BCUT2D eigenvalue weighted by atomic mass is 31.2. The van der Waals surface area contributed by atoms with Crippen LogP contribution in [-0.2, 0) is 42.1 Å². The zero-order valence-corrected chi connectivity index (χ0v) is 42.8. The summed E-state index contributed by atoms with van der Waals surface area (Å²) in [5, 5.41) is 83.0. The van der Waals surface area contributed by atoms with E-state index in [2.05, 4.69) is 26.0 Å². The minimum absolute atomic E-state index is 0.0366. The Morgan fingerprint density at radius 3 is 1.45 bits per heavy atom. The average Bonchev–Trinajstić information content (AvgIpc) is 3.33. The molecule has 0 aromatic rings. The van der Waals surface area contributed by atoms with Crippen LogP contribution in [0.2, 0.25) is 0 Å². The Balaban J connectivity index is 1.93. The molecule has 1 aliphatic carbocycles. The van der Waals surface area contributed by atoms with Gasteiger partial charge in [0, 0.05) is 12.8 Å². The molecular weight excluding hydrogens is 920 g/mol. The van der Waals surface area contributed by atoms with Crippen molar-refractivity contribution in [1.82, 2.24) is 0 Å². The quantitative estimate of drug-likeness (QED) is 0.0137. The maximum Gasteiger partial charge on any atom is 0.472 e. The van der Waals surface area contributed by atoms with Crippen molar-refractivity contribution in [3.8, 4) is 0 Å². The summed E-state index contributed by atoms with van der Waals surface area (Å²) >= 11 is 0. The smallest absolute Gasteiger partial charge is 0.462 e. The fourth-order valence-electron chi connectivity index (χ4n) is 8.58. The van der Waals surface area contributed by atoms with Gasteiger partial charge in [0.2, 0.25) is 0 Å². The molecule has 2 rings (SSSR count). The zero-order chi connectivity index (χ0) is 50.9. The van der Waals surface area contributed by atoms with E-state index in [-0.39, 0.29) is 12.8 Å². The fourth-order valence-corrected chi connectivity index (χ4v) is 9.55. The largest absolute Gasteiger partial charge is 0.472 e. The van der Waals surface area contributed by atoms with E-state index < -0.39 is 113 Å². The minimum atomic E-state index is -5.37. The summed E-state index contributed by atoms with van der Waals surface area (Å²) in [7, 11) is -5.37. The van der Waals surface area contributed by atoms with Crippen molar-refractivity contribution in [2.24, 2.45) is 0 Å². The minimum Gasteiger partial charge on any atom is -0.462 e. The number of unbranched alkanes of at least 4 members (excludes halogenated alkanes) is 24. The van der Waals surface area contributed by atoms with Gasteiger partial charge >= 0.3 is 19.8 Å². The number of rotatable bonds is 41. The van der Waals surface area contributed by atoms with Crippen LogP contribution in [0.5, 0.6) is 0 Å². The lowest BCUT2D eigenvalue weighted by atomic mass is 9.84. The van der Waals surface area contributed by atoms with E-state index in [0.29, 0.717) is 12.8 Å². The third-order valence-corrected chi connectivity index (χ3v) is 14.0. The number of aliphatic hydroxyl groups is 8. The van der Waals surface area contributed by atoms with Gasteiger partial charge in [-0.25, -0.2) is 4.57 Å². The lowest BCUT2D eigenvalue weighted by Gasteiger charge is -2.47. The van der Waals surface area contributed by atoms with Crippen molar-refractivity contribution in [2.75, 3.05) is 19.8 Å². The second kappa shape index (κ2) is 38.0. The van der Waals surface area contributed by atoms with E-state index in [1.54, 1.807) is 0 Å². The highest BCUT2D eigenvalue weighted by Gasteiger charge is 2.55. The van der Waals surface area contributed by atoms with Gasteiger partial charge in [0.1, 0.15) is 67.6 Å². The molecule has 0 radical (unpaired) electrons. The molecule has 0 spiro atoms. The van der Waals surface area contributed by atoms with Gasteiger partial charge < -0.3 is 64.7 Å². The lowest BCUT2D eigenvalue weighted by molar-refractivity contribution is -0.338. The number of phosphoric ester groups is 1. The summed E-state index contributed by atoms with van der Waals surface area (Å²) in [5.74, 6) is -1.21. The lowest BCUT2D eigenvalue weighted by Crippen LogP contribution is -2.67. The highest BCUT2D eigenvalue weighted by Crippen LogP contribution is 2.48. The summed E-state index contributed by atoms with van der Waals surface area (Å²) in [6.07, 6.45) is 11.4. The van der Waals surface area contributed by atoms with Crippen LogP contribution in [-0.4, -0.2) is 151 Å². The maximum atomic E-state index is 13.4. The SMILES string of the molecule is CCCCCC/C=C\CCCCCCCCCC(=O)OCC(COP(=O)(O)OC1C(O)C(O)C(O)C(O)C1OC1OC(CO)C(O)C(O)C1O)OC(=O)CCCCCCCCCCCCCCCC. The van der Waals surface area contributed by atoms with E-state index >= 15 is 0 Å². The molecule has 1 saturated carbocycles. The monoisotopic (exact) mass is 1010 g/mol. The van der Waals surface area contributed by atoms with Crippen molar-refractivity contribution in [2.45, 2.75) is 273 Å². The second-order valence-corrected chi connectivity index (χ2v) is 20.5. The van der Waals surface area contributed by atoms with Crippen LogP contribution in [0.15, 0.2) is 12.2 Å². The molecule has 2 fully saturated rings. The van der Waals surface area contributed by atoms with Crippen molar-refractivity contribution in [1.29, 1.82) is 0 Å². The number of allylic oxidation sites excluding steroid dienone is 2. The molecule has 2 aliphatic rings. The summed E-state index contributed by atoms with van der Waals surface area (Å²) in [5.41, 5.74) is 0. The summed E-state index contributed by atoms with van der Waals surface area (Å²) in [6, 6.07) is 0. The first-order valence-corrected chi connectivity index (χ1v) is 28.0. The predicted molar refractivity (Wildman–Crippen MR) is 259 cm³/mol. The Kier molecular flexibility index (Phi) is 35.0. The van der Waals surface area contributed by atoms with Crippen LogP contribution >= 0.6 is 7.82 Å². The van der Waals surface area contributed by atoms with Gasteiger partial charge in [-0.3, -0.25) is 18.6 Å². The normalized spacial score (nSPS) is 27.6. The molecule has 1 saturated heterocycles. The van der Waals surface area contributed by atoms with Crippen molar-refractivity contribution in [3.63, 3.8) is 0 Å². The topological polar surface area (TPSA) is 289 Å². The molecule has 0 amide bonds. The van der Waals surface area contributed by atoms with Gasteiger partial charge in [0.15, 0.2) is 12.4 Å². The van der Waals surface area contributed by atoms with Gasteiger partial charge in [-0.1, -0.05) is 161 Å². The van der Waals surface area contributed by atoms with Crippen molar-refractivity contribution >= 4 is 19.8 Å². The average molecular weight is 1010 g/mol. The van der Waals surface area contributed by atoms with Gasteiger partial charge in [-0.15, -0.1) is 0 Å². The molecule has 9 N–H and O–H groups in total. The molecular formula is C50H93O18P.